The molecule has 0 amide bonds. The molecule has 0 saturated carbocycles. The number of halogens is 2. The van der Waals surface area contributed by atoms with Gasteiger partial charge in [0.1, 0.15) is 11.6 Å². The fraction of sp³-hybridized carbons (Fsp3) is 0.250. The van der Waals surface area contributed by atoms with Gasteiger partial charge in [-0.05, 0) is 48.7 Å². The summed E-state index contributed by atoms with van der Waals surface area (Å²) >= 11 is 5.90. The second kappa shape index (κ2) is 5.33. The minimum Gasteiger partial charge on any atom is -0.494 e. The van der Waals surface area contributed by atoms with Crippen LogP contribution in [0.4, 0.5) is 10.1 Å². The van der Waals surface area contributed by atoms with E-state index in [-0.39, 0.29) is 11.9 Å². The number of hydrogen-bond acceptors (Lipinski definition) is 2. The summed E-state index contributed by atoms with van der Waals surface area (Å²) in [5.74, 6) is 0.539. The van der Waals surface area contributed by atoms with Crippen molar-refractivity contribution in [3.8, 4) is 5.75 Å². The molecule has 0 bridgehead atoms. The van der Waals surface area contributed by atoms with Gasteiger partial charge in [0.25, 0.3) is 0 Å². The van der Waals surface area contributed by atoms with Gasteiger partial charge in [0.2, 0.25) is 0 Å². The Balaban J connectivity index is 1.88. The molecule has 4 heteroatoms. The molecule has 1 N–H and O–H groups in total. The number of anilines is 1. The molecule has 0 fully saturated rings. The molecule has 1 aliphatic heterocycles. The Hall–Kier alpha value is -1.74. The second-order valence-electron chi connectivity index (χ2n) is 4.83. The lowest BCUT2D eigenvalue weighted by molar-refractivity contribution is 0.339. The molecular formula is C16H15ClFNO. The van der Waals surface area contributed by atoms with Crippen LogP contribution in [0.5, 0.6) is 5.75 Å². The molecule has 1 atom stereocenters. The van der Waals surface area contributed by atoms with E-state index < -0.39 is 0 Å². The zero-order valence-electron chi connectivity index (χ0n) is 11.1. The minimum atomic E-state index is -0.295. The first kappa shape index (κ1) is 13.3. The zero-order valence-corrected chi connectivity index (χ0v) is 11.9. The van der Waals surface area contributed by atoms with E-state index in [2.05, 4.69) is 5.32 Å². The minimum absolute atomic E-state index is 0.0540. The first-order valence-electron chi connectivity index (χ1n) is 6.64. The standard InChI is InChI=1S/C16H15ClFNO/c1-2-20-13-5-3-4-10(7-13)15-8-11-6-12(17)9-14(18)16(11)19-15/h3-7,9,15,19H,2,8H2,1H3. The first-order chi connectivity index (χ1) is 9.67. The summed E-state index contributed by atoms with van der Waals surface area (Å²) in [6.45, 7) is 2.58. The van der Waals surface area contributed by atoms with Gasteiger partial charge in [-0.1, -0.05) is 23.7 Å². The second-order valence-corrected chi connectivity index (χ2v) is 5.26. The van der Waals surface area contributed by atoms with Crippen molar-refractivity contribution >= 4 is 17.3 Å². The summed E-state index contributed by atoms with van der Waals surface area (Å²) in [5, 5.41) is 3.66. The van der Waals surface area contributed by atoms with Crippen molar-refractivity contribution in [2.24, 2.45) is 0 Å². The number of fused-ring (bicyclic) bond motifs is 1. The summed E-state index contributed by atoms with van der Waals surface area (Å²) in [4.78, 5) is 0. The normalized spacial score (nSPS) is 16.6. The third-order valence-corrected chi connectivity index (χ3v) is 3.67. The summed E-state index contributed by atoms with van der Waals surface area (Å²) in [7, 11) is 0. The highest BCUT2D eigenvalue weighted by molar-refractivity contribution is 6.30. The molecule has 2 nitrogen and oxygen atoms in total. The fourth-order valence-electron chi connectivity index (χ4n) is 2.58. The van der Waals surface area contributed by atoms with Gasteiger partial charge in [-0.2, -0.15) is 0 Å². The maximum Gasteiger partial charge on any atom is 0.148 e. The van der Waals surface area contributed by atoms with E-state index in [0.29, 0.717) is 17.3 Å². The van der Waals surface area contributed by atoms with E-state index >= 15 is 0 Å². The number of ether oxygens (including phenoxy) is 1. The van der Waals surface area contributed by atoms with E-state index in [1.807, 2.05) is 37.3 Å². The Kier molecular flexibility index (Phi) is 3.53. The van der Waals surface area contributed by atoms with Gasteiger partial charge in [0.05, 0.1) is 18.3 Å². The van der Waals surface area contributed by atoms with Crippen LogP contribution in [-0.2, 0) is 6.42 Å². The summed E-state index contributed by atoms with van der Waals surface area (Å²) in [5.41, 5.74) is 2.56. The van der Waals surface area contributed by atoms with Crippen molar-refractivity contribution in [1.82, 2.24) is 0 Å². The predicted octanol–water partition coefficient (Wildman–Crippen LogP) is 4.59. The number of hydrogen-bond donors (Lipinski definition) is 1. The van der Waals surface area contributed by atoms with Gasteiger partial charge in [-0.15, -0.1) is 0 Å². The molecule has 0 aromatic heterocycles. The molecular weight excluding hydrogens is 277 g/mol. The molecule has 1 unspecified atom stereocenters. The maximum absolute atomic E-state index is 13.9. The summed E-state index contributed by atoms with van der Waals surface area (Å²) in [6, 6.07) is 11.1. The molecule has 0 saturated heterocycles. The highest BCUT2D eigenvalue weighted by atomic mass is 35.5. The predicted molar refractivity (Wildman–Crippen MR) is 79.1 cm³/mol. The monoisotopic (exact) mass is 291 g/mol. The molecule has 2 aromatic rings. The maximum atomic E-state index is 13.9. The lowest BCUT2D eigenvalue weighted by atomic mass is 10.0. The van der Waals surface area contributed by atoms with Gasteiger partial charge in [-0.3, -0.25) is 0 Å². The number of rotatable bonds is 3. The third-order valence-electron chi connectivity index (χ3n) is 3.45. The van der Waals surface area contributed by atoms with Crippen LogP contribution < -0.4 is 10.1 Å². The molecule has 3 rings (SSSR count). The van der Waals surface area contributed by atoms with E-state index in [1.165, 1.54) is 6.07 Å². The molecule has 0 aliphatic carbocycles. The Morgan fingerprint density at radius 1 is 1.35 bits per heavy atom. The van der Waals surface area contributed by atoms with Crippen molar-refractivity contribution in [3.05, 3.63) is 58.4 Å². The average Bonchev–Trinajstić information content (AvgIpc) is 2.83. The Bertz CT molecular complexity index is 644. The van der Waals surface area contributed by atoms with Crippen LogP contribution >= 0.6 is 11.6 Å². The number of nitrogens with one attached hydrogen (secondary N) is 1. The molecule has 2 aromatic carbocycles. The largest absolute Gasteiger partial charge is 0.494 e. The first-order valence-corrected chi connectivity index (χ1v) is 7.02. The highest BCUT2D eigenvalue weighted by Crippen LogP contribution is 2.38. The topological polar surface area (TPSA) is 21.3 Å². The molecule has 1 aliphatic rings. The van der Waals surface area contributed by atoms with Crippen LogP contribution in [0.15, 0.2) is 36.4 Å². The van der Waals surface area contributed by atoms with Crippen molar-refractivity contribution < 1.29 is 9.13 Å². The average molecular weight is 292 g/mol. The lowest BCUT2D eigenvalue weighted by Crippen LogP contribution is -2.06. The molecule has 1 heterocycles. The van der Waals surface area contributed by atoms with Gasteiger partial charge in [0.15, 0.2) is 0 Å². The Morgan fingerprint density at radius 2 is 2.20 bits per heavy atom. The molecule has 0 spiro atoms. The van der Waals surface area contributed by atoms with Gasteiger partial charge < -0.3 is 10.1 Å². The van der Waals surface area contributed by atoms with Crippen LogP contribution in [0.3, 0.4) is 0 Å². The Morgan fingerprint density at radius 3 is 3.00 bits per heavy atom. The summed E-state index contributed by atoms with van der Waals surface area (Å²) < 4.78 is 19.4. The third kappa shape index (κ3) is 2.46. The van der Waals surface area contributed by atoms with Gasteiger partial charge in [-0.25, -0.2) is 4.39 Å². The Labute approximate surface area is 122 Å². The van der Waals surface area contributed by atoms with E-state index in [1.54, 1.807) is 0 Å². The smallest absolute Gasteiger partial charge is 0.148 e. The van der Waals surface area contributed by atoms with Crippen molar-refractivity contribution in [2.45, 2.75) is 19.4 Å². The van der Waals surface area contributed by atoms with Gasteiger partial charge >= 0.3 is 0 Å². The highest BCUT2D eigenvalue weighted by Gasteiger charge is 2.25. The van der Waals surface area contributed by atoms with Crippen molar-refractivity contribution in [1.29, 1.82) is 0 Å². The zero-order chi connectivity index (χ0) is 14.1. The fourth-order valence-corrected chi connectivity index (χ4v) is 2.81. The molecule has 20 heavy (non-hydrogen) atoms. The quantitative estimate of drug-likeness (QED) is 0.893. The van der Waals surface area contributed by atoms with Crippen molar-refractivity contribution in [2.75, 3.05) is 11.9 Å². The van der Waals surface area contributed by atoms with E-state index in [4.69, 9.17) is 16.3 Å². The van der Waals surface area contributed by atoms with Crippen molar-refractivity contribution in [3.63, 3.8) is 0 Å². The van der Waals surface area contributed by atoms with Gasteiger partial charge in [0, 0.05) is 5.02 Å². The lowest BCUT2D eigenvalue weighted by Gasteiger charge is -2.13. The molecule has 0 radical (unpaired) electrons. The summed E-state index contributed by atoms with van der Waals surface area (Å²) in [6.07, 6.45) is 0.725. The van der Waals surface area contributed by atoms with Crippen LogP contribution in [-0.4, -0.2) is 6.61 Å². The van der Waals surface area contributed by atoms with E-state index in [0.717, 1.165) is 23.3 Å². The van der Waals surface area contributed by atoms with Crippen LogP contribution in [0.2, 0.25) is 5.02 Å². The van der Waals surface area contributed by atoms with Crippen LogP contribution in [0.1, 0.15) is 24.1 Å². The number of benzene rings is 2. The molecule has 104 valence electrons. The van der Waals surface area contributed by atoms with Crippen LogP contribution in [0.25, 0.3) is 0 Å². The SMILES string of the molecule is CCOc1cccc(C2Cc3cc(Cl)cc(F)c3N2)c1. The van der Waals surface area contributed by atoms with E-state index in [9.17, 15) is 4.39 Å². The van der Waals surface area contributed by atoms with Crippen LogP contribution in [0, 0.1) is 5.82 Å².